The highest BCUT2D eigenvalue weighted by Crippen LogP contribution is 2.70. The second kappa shape index (κ2) is 7.89. The average molecular weight is 479 g/mol. The fourth-order valence-electron chi connectivity index (χ4n) is 8.94. The van der Waals surface area contributed by atoms with Crippen molar-refractivity contribution in [2.75, 3.05) is 5.88 Å². The number of ether oxygens (including phenoxy) is 1. The van der Waals surface area contributed by atoms with E-state index in [0.717, 1.165) is 32.0 Å². The smallest absolute Gasteiger partial charge is 0.321 e. The minimum absolute atomic E-state index is 0.0635. The van der Waals surface area contributed by atoms with Gasteiger partial charge in [-0.3, -0.25) is 9.59 Å². The molecule has 0 spiro atoms. The first-order valence-corrected chi connectivity index (χ1v) is 13.1. The van der Waals surface area contributed by atoms with Gasteiger partial charge in [-0.1, -0.05) is 12.5 Å². The number of rotatable bonds is 4. The van der Waals surface area contributed by atoms with Crippen LogP contribution in [0, 0.1) is 28.6 Å². The molecule has 0 aliphatic heterocycles. The Labute approximate surface area is 200 Å². The van der Waals surface area contributed by atoms with Crippen molar-refractivity contribution in [3.63, 3.8) is 0 Å². The number of halogens is 1. The zero-order valence-electron chi connectivity index (χ0n) is 19.4. The van der Waals surface area contributed by atoms with Crippen LogP contribution in [0.2, 0.25) is 0 Å². The summed E-state index contributed by atoms with van der Waals surface area (Å²) in [7, 11) is 0. The van der Waals surface area contributed by atoms with Crippen molar-refractivity contribution in [1.82, 2.24) is 0 Å². The van der Waals surface area contributed by atoms with E-state index >= 15 is 0 Å². The fourth-order valence-corrected chi connectivity index (χ4v) is 9.00. The topological polar surface area (TPSA) is 101 Å². The third-order valence-corrected chi connectivity index (χ3v) is 10.8. The van der Waals surface area contributed by atoms with Gasteiger partial charge in [-0.25, -0.2) is 0 Å². The van der Waals surface area contributed by atoms with Crippen molar-refractivity contribution in [1.29, 1.82) is 0 Å². The first-order chi connectivity index (χ1) is 15.6. The summed E-state index contributed by atoms with van der Waals surface area (Å²) >= 11 is 5.59. The fraction of sp³-hybridized carbons (Fsp3) is 0.808. The molecule has 33 heavy (non-hydrogen) atoms. The van der Waals surface area contributed by atoms with Gasteiger partial charge in [0.15, 0.2) is 5.78 Å². The first-order valence-electron chi connectivity index (χ1n) is 12.5. The number of carbonyl (C=O) groups excluding carboxylic acids is 3. The number of hydrogen-bond acceptors (Lipinski definition) is 6. The lowest BCUT2D eigenvalue weighted by Crippen LogP contribution is -2.69. The molecule has 182 valence electrons. The van der Waals surface area contributed by atoms with Gasteiger partial charge >= 0.3 is 5.97 Å². The Kier molecular flexibility index (Phi) is 5.62. The molecule has 5 rings (SSSR count). The number of ketones is 1. The largest absolute Gasteiger partial charge is 0.461 e. The van der Waals surface area contributed by atoms with Gasteiger partial charge in [-0.15, -0.1) is 11.6 Å². The van der Waals surface area contributed by atoms with Crippen molar-refractivity contribution in [3.8, 4) is 0 Å². The summed E-state index contributed by atoms with van der Waals surface area (Å²) in [6.07, 6.45) is 9.03. The zero-order chi connectivity index (χ0) is 23.6. The molecule has 5 aliphatic carbocycles. The number of alkyl halides is 1. The Balaban J connectivity index is 1.44. The van der Waals surface area contributed by atoms with Crippen molar-refractivity contribution in [3.05, 3.63) is 11.6 Å². The van der Waals surface area contributed by atoms with E-state index in [9.17, 15) is 24.6 Å². The number of aliphatic hydroxyl groups is 2. The van der Waals surface area contributed by atoms with E-state index in [0.29, 0.717) is 38.5 Å². The maximum atomic E-state index is 12.7. The Bertz CT molecular complexity index is 901. The van der Waals surface area contributed by atoms with E-state index in [1.54, 1.807) is 0 Å². The van der Waals surface area contributed by atoms with Crippen LogP contribution in [0.25, 0.3) is 0 Å². The number of carbonyl (C=O) groups is 3. The molecule has 0 bridgehead atoms. The van der Waals surface area contributed by atoms with E-state index < -0.39 is 28.7 Å². The third-order valence-electron chi connectivity index (χ3n) is 10.6. The Morgan fingerprint density at radius 2 is 1.88 bits per heavy atom. The zero-order valence-corrected chi connectivity index (χ0v) is 20.1. The van der Waals surface area contributed by atoms with E-state index in [4.69, 9.17) is 16.3 Å². The Hall–Kier alpha value is -1.24. The van der Waals surface area contributed by atoms with Crippen LogP contribution in [-0.4, -0.2) is 51.4 Å². The maximum absolute atomic E-state index is 12.7. The standard InChI is InChI=1S/C26H35ClO6/c1-23-8-5-20-21(26(23,32)11-7-19(23)16-2-3-17(29)12-16)6-10-25(31)13-18(33-22(30)14-27)4-9-24(20,25)15-28/h12,15,18-21,31-32H,2-11,13-14H2,1H3/t18?,19?,20-,21+,23?,24?,25?,26?/m0/s1. The minimum Gasteiger partial charge on any atom is -0.461 e. The molecule has 6 unspecified atom stereocenters. The summed E-state index contributed by atoms with van der Waals surface area (Å²) in [5.41, 5.74) is -2.22. The molecule has 5 aliphatic rings. The van der Waals surface area contributed by atoms with Crippen LogP contribution < -0.4 is 0 Å². The summed E-state index contributed by atoms with van der Waals surface area (Å²) in [5.74, 6) is -0.508. The molecular formula is C26H35ClO6. The van der Waals surface area contributed by atoms with Gasteiger partial charge in [0.05, 0.1) is 16.6 Å². The lowest BCUT2D eigenvalue weighted by Gasteiger charge is -2.65. The highest BCUT2D eigenvalue weighted by molar-refractivity contribution is 6.26. The summed E-state index contributed by atoms with van der Waals surface area (Å²) in [6, 6.07) is 0. The third kappa shape index (κ3) is 3.16. The van der Waals surface area contributed by atoms with Crippen molar-refractivity contribution in [2.45, 2.75) is 94.9 Å². The summed E-state index contributed by atoms with van der Waals surface area (Å²) < 4.78 is 5.44. The molecule has 0 heterocycles. The van der Waals surface area contributed by atoms with E-state index in [1.165, 1.54) is 5.57 Å². The summed E-state index contributed by atoms with van der Waals surface area (Å²) in [6.45, 7) is 2.18. The molecule has 6 nitrogen and oxygen atoms in total. The normalized spacial score (nSPS) is 49.0. The number of fused-ring (bicyclic) bond motifs is 5. The van der Waals surface area contributed by atoms with Crippen LogP contribution in [0.3, 0.4) is 0 Å². The average Bonchev–Trinajstić information content (AvgIpc) is 3.33. The van der Waals surface area contributed by atoms with Gasteiger partial charge in [0, 0.05) is 18.3 Å². The van der Waals surface area contributed by atoms with Crippen molar-refractivity contribution >= 4 is 29.6 Å². The SMILES string of the molecule is CC12CC[C@H]3[C@@H](CCC4(O)CC(OC(=O)CCl)CCC34C=O)C1(O)CCC2C1=CC(=O)CC1. The van der Waals surface area contributed by atoms with E-state index in [2.05, 4.69) is 6.92 Å². The molecule has 0 aromatic rings. The van der Waals surface area contributed by atoms with E-state index in [1.807, 2.05) is 6.08 Å². The Morgan fingerprint density at radius 3 is 2.55 bits per heavy atom. The highest BCUT2D eigenvalue weighted by Gasteiger charge is 2.71. The summed E-state index contributed by atoms with van der Waals surface area (Å²) in [4.78, 5) is 36.4. The van der Waals surface area contributed by atoms with Gasteiger partial charge in [0.25, 0.3) is 0 Å². The van der Waals surface area contributed by atoms with Gasteiger partial charge in [-0.05, 0) is 81.6 Å². The molecule has 4 saturated carbocycles. The quantitative estimate of drug-likeness (QED) is 0.364. The number of aldehydes is 1. The minimum atomic E-state index is -1.24. The monoisotopic (exact) mass is 478 g/mol. The van der Waals surface area contributed by atoms with E-state index in [-0.39, 0.29) is 41.3 Å². The molecule has 2 N–H and O–H groups in total. The molecule has 0 aromatic heterocycles. The van der Waals surface area contributed by atoms with Crippen LogP contribution in [0.15, 0.2) is 11.6 Å². The molecule has 0 radical (unpaired) electrons. The number of allylic oxidation sites excluding steroid dienone is 2. The molecule has 7 heteroatoms. The van der Waals surface area contributed by atoms with Crippen LogP contribution in [-0.2, 0) is 19.1 Å². The summed E-state index contributed by atoms with van der Waals surface area (Å²) in [5, 5.41) is 24.1. The first kappa shape index (κ1) is 23.5. The predicted octanol–water partition coefficient (Wildman–Crippen LogP) is 3.49. The molecule has 0 saturated heterocycles. The van der Waals surface area contributed by atoms with Crippen LogP contribution in [0.4, 0.5) is 0 Å². The number of esters is 1. The maximum Gasteiger partial charge on any atom is 0.321 e. The van der Waals surface area contributed by atoms with Gasteiger partial charge in [-0.2, -0.15) is 0 Å². The molecule has 0 aromatic carbocycles. The van der Waals surface area contributed by atoms with Crippen molar-refractivity contribution in [2.24, 2.45) is 28.6 Å². The Morgan fingerprint density at radius 1 is 1.12 bits per heavy atom. The highest BCUT2D eigenvalue weighted by atomic mass is 35.5. The van der Waals surface area contributed by atoms with Gasteiger partial charge < -0.3 is 19.7 Å². The predicted molar refractivity (Wildman–Crippen MR) is 121 cm³/mol. The van der Waals surface area contributed by atoms with Crippen molar-refractivity contribution < 1.29 is 29.3 Å². The second-order valence-electron chi connectivity index (χ2n) is 11.6. The molecular weight excluding hydrogens is 444 g/mol. The number of hydrogen-bond donors (Lipinski definition) is 2. The lowest BCUT2D eigenvalue weighted by atomic mass is 9.41. The molecule has 4 fully saturated rings. The molecule has 8 atom stereocenters. The van der Waals surface area contributed by atoms with Crippen LogP contribution >= 0.6 is 11.6 Å². The van der Waals surface area contributed by atoms with Crippen LogP contribution in [0.1, 0.15) is 77.6 Å². The second-order valence-corrected chi connectivity index (χ2v) is 11.9. The van der Waals surface area contributed by atoms with Gasteiger partial charge in [0.1, 0.15) is 18.3 Å². The van der Waals surface area contributed by atoms with Crippen LogP contribution in [0.5, 0.6) is 0 Å². The lowest BCUT2D eigenvalue weighted by molar-refractivity contribution is -0.249. The van der Waals surface area contributed by atoms with Gasteiger partial charge in [0.2, 0.25) is 0 Å². The molecule has 0 amide bonds.